The summed E-state index contributed by atoms with van der Waals surface area (Å²) in [6, 6.07) is 12.5. The van der Waals surface area contributed by atoms with Gasteiger partial charge in [-0.3, -0.25) is 9.69 Å². The minimum atomic E-state index is -1.09. The number of esters is 2. The zero-order valence-electron chi connectivity index (χ0n) is 19.4. The minimum absolute atomic E-state index is 0.0766. The van der Waals surface area contributed by atoms with Crippen LogP contribution in [0.4, 0.5) is 10.1 Å². The zero-order valence-corrected chi connectivity index (χ0v) is 19.4. The summed E-state index contributed by atoms with van der Waals surface area (Å²) in [5.41, 5.74) is 5.81. The number of nitrogens with zero attached hydrogens (tertiary/aromatic N) is 2. The van der Waals surface area contributed by atoms with E-state index in [0.29, 0.717) is 5.56 Å². The molecule has 3 rings (SSSR count). The molecule has 1 atom stereocenters. The average Bonchev–Trinajstić information content (AvgIpc) is 2.87. The Hall–Kier alpha value is -4.65. The molecule has 10 heteroatoms. The second-order valence-electron chi connectivity index (χ2n) is 7.40. The second-order valence-corrected chi connectivity index (χ2v) is 7.40. The molecule has 180 valence electrons. The summed E-state index contributed by atoms with van der Waals surface area (Å²) in [7, 11) is 3.42. The van der Waals surface area contributed by atoms with E-state index >= 15 is 0 Å². The molecule has 1 aliphatic heterocycles. The molecule has 2 aromatic rings. The van der Waals surface area contributed by atoms with Gasteiger partial charge in [-0.25, -0.2) is 14.0 Å². The van der Waals surface area contributed by atoms with E-state index in [1.807, 2.05) is 6.07 Å². The summed E-state index contributed by atoms with van der Waals surface area (Å²) in [4.78, 5) is 39.6. The fraction of sp³-hybridized carbons (Fsp3) is 0.200. The number of carbonyl (C=O) groups excluding carboxylic acids is 3. The van der Waals surface area contributed by atoms with Crippen LogP contribution in [0, 0.1) is 17.1 Å². The van der Waals surface area contributed by atoms with Crippen molar-refractivity contribution in [3.8, 4) is 11.8 Å². The lowest BCUT2D eigenvalue weighted by Crippen LogP contribution is -2.41. The van der Waals surface area contributed by atoms with Crippen LogP contribution in [-0.2, 0) is 19.1 Å². The Bertz CT molecular complexity index is 1310. The molecule has 9 nitrogen and oxygen atoms in total. The first-order chi connectivity index (χ1) is 16.7. The maximum absolute atomic E-state index is 14.8. The van der Waals surface area contributed by atoms with Gasteiger partial charge in [-0.15, -0.1) is 0 Å². The molecule has 0 saturated heterocycles. The first-order valence-corrected chi connectivity index (χ1v) is 10.3. The average molecular weight is 479 g/mol. The van der Waals surface area contributed by atoms with E-state index in [0.717, 1.165) is 31.3 Å². The number of Topliss-reactive ketones (excluding diaryl/α,β-unsaturated/α-hetero) is 1. The SMILES string of the molecule is COC(=O)C1=C(C(=O)OC)N(c2cc(F)c(OC)cc2C(C)=O)C(N)=C(C#N)C1c1ccccc1. The normalized spacial score (nSPS) is 15.4. The fourth-order valence-electron chi connectivity index (χ4n) is 3.93. The number of carbonyl (C=O) groups is 3. The van der Waals surface area contributed by atoms with Crippen molar-refractivity contribution in [2.24, 2.45) is 5.73 Å². The highest BCUT2D eigenvalue weighted by Gasteiger charge is 2.43. The summed E-state index contributed by atoms with van der Waals surface area (Å²) in [6.07, 6.45) is 0. The van der Waals surface area contributed by atoms with Gasteiger partial charge in [-0.1, -0.05) is 30.3 Å². The van der Waals surface area contributed by atoms with Crippen LogP contribution in [0.25, 0.3) is 0 Å². The zero-order chi connectivity index (χ0) is 25.9. The minimum Gasteiger partial charge on any atom is -0.494 e. The molecule has 2 aromatic carbocycles. The number of hydrogen-bond donors (Lipinski definition) is 1. The Morgan fingerprint density at radius 3 is 2.20 bits per heavy atom. The molecule has 0 amide bonds. The van der Waals surface area contributed by atoms with Gasteiger partial charge in [0.05, 0.1) is 50.2 Å². The van der Waals surface area contributed by atoms with Crippen molar-refractivity contribution in [2.45, 2.75) is 12.8 Å². The first-order valence-electron chi connectivity index (χ1n) is 10.3. The molecule has 0 fully saturated rings. The number of nitrogens with two attached hydrogens (primary N) is 1. The number of halogens is 1. The Morgan fingerprint density at radius 1 is 1.06 bits per heavy atom. The van der Waals surface area contributed by atoms with Gasteiger partial charge < -0.3 is 19.9 Å². The number of ether oxygens (including phenoxy) is 3. The highest BCUT2D eigenvalue weighted by Crippen LogP contribution is 2.44. The van der Waals surface area contributed by atoms with Crippen LogP contribution >= 0.6 is 0 Å². The second kappa shape index (κ2) is 10.1. The van der Waals surface area contributed by atoms with E-state index < -0.39 is 35.2 Å². The fourth-order valence-corrected chi connectivity index (χ4v) is 3.93. The molecule has 0 radical (unpaired) electrons. The predicted molar refractivity (Wildman–Crippen MR) is 123 cm³/mol. The number of anilines is 1. The quantitative estimate of drug-likeness (QED) is 0.490. The van der Waals surface area contributed by atoms with E-state index in [1.165, 1.54) is 14.0 Å². The predicted octanol–water partition coefficient (Wildman–Crippen LogP) is 2.93. The first kappa shape index (κ1) is 25.0. The molecule has 2 N–H and O–H groups in total. The number of rotatable bonds is 6. The molecule has 0 saturated carbocycles. The summed E-state index contributed by atoms with van der Waals surface area (Å²) in [6.45, 7) is 1.22. The van der Waals surface area contributed by atoms with E-state index in [9.17, 15) is 24.0 Å². The van der Waals surface area contributed by atoms with Crippen LogP contribution in [0.2, 0.25) is 0 Å². The van der Waals surface area contributed by atoms with Crippen molar-refractivity contribution in [1.29, 1.82) is 5.26 Å². The van der Waals surface area contributed by atoms with Crippen LogP contribution in [0.5, 0.6) is 5.75 Å². The monoisotopic (exact) mass is 479 g/mol. The molecule has 0 aliphatic carbocycles. The lowest BCUT2D eigenvalue weighted by Gasteiger charge is -2.36. The molecule has 1 heterocycles. The number of allylic oxidation sites excluding steroid dienone is 1. The molecule has 0 aromatic heterocycles. The Kier molecular flexibility index (Phi) is 7.20. The number of benzene rings is 2. The van der Waals surface area contributed by atoms with Crippen molar-refractivity contribution in [3.05, 3.63) is 82.1 Å². The van der Waals surface area contributed by atoms with Crippen molar-refractivity contribution in [3.63, 3.8) is 0 Å². The number of ketones is 1. The Balaban J connectivity index is 2.50. The van der Waals surface area contributed by atoms with E-state index in [2.05, 4.69) is 0 Å². The van der Waals surface area contributed by atoms with Crippen LogP contribution < -0.4 is 15.4 Å². The topological polar surface area (TPSA) is 132 Å². The summed E-state index contributed by atoms with van der Waals surface area (Å²) in [5.74, 6) is -4.95. The van der Waals surface area contributed by atoms with Crippen molar-refractivity contribution in [1.82, 2.24) is 0 Å². The molecule has 35 heavy (non-hydrogen) atoms. The Labute approximate surface area is 200 Å². The third kappa shape index (κ3) is 4.31. The maximum Gasteiger partial charge on any atom is 0.355 e. The molecule has 0 bridgehead atoms. The van der Waals surface area contributed by atoms with Gasteiger partial charge in [0.25, 0.3) is 0 Å². The molecule has 1 aliphatic rings. The Morgan fingerprint density at radius 2 is 1.69 bits per heavy atom. The third-order valence-electron chi connectivity index (χ3n) is 5.50. The van der Waals surface area contributed by atoms with Crippen LogP contribution in [-0.4, -0.2) is 39.1 Å². The lowest BCUT2D eigenvalue weighted by atomic mass is 9.80. The number of methoxy groups -OCH3 is 3. The van der Waals surface area contributed by atoms with E-state index in [-0.39, 0.29) is 34.0 Å². The van der Waals surface area contributed by atoms with Gasteiger partial charge in [0.2, 0.25) is 0 Å². The molecule has 1 unspecified atom stereocenters. The number of nitriles is 1. The van der Waals surface area contributed by atoms with Gasteiger partial charge in [-0.2, -0.15) is 5.26 Å². The highest BCUT2D eigenvalue weighted by atomic mass is 19.1. The standard InChI is InChI=1S/C25H22FN3O6/c1-13(30)15-10-19(33-2)17(26)11-18(15)29-22(25(32)35-4)21(24(31)34-3)20(16(12-27)23(29)28)14-8-6-5-7-9-14/h5-11,20H,28H2,1-4H3. The maximum atomic E-state index is 14.8. The van der Waals surface area contributed by atoms with Crippen LogP contribution in [0.3, 0.4) is 0 Å². The molecule has 0 spiro atoms. The summed E-state index contributed by atoms with van der Waals surface area (Å²) in [5, 5.41) is 10.1. The van der Waals surface area contributed by atoms with Gasteiger partial charge in [0.15, 0.2) is 17.3 Å². The van der Waals surface area contributed by atoms with Gasteiger partial charge >= 0.3 is 11.9 Å². The largest absolute Gasteiger partial charge is 0.494 e. The van der Waals surface area contributed by atoms with Gasteiger partial charge in [0.1, 0.15) is 11.5 Å². The number of hydrogen-bond acceptors (Lipinski definition) is 9. The smallest absolute Gasteiger partial charge is 0.355 e. The lowest BCUT2D eigenvalue weighted by molar-refractivity contribution is -0.139. The van der Waals surface area contributed by atoms with Crippen LogP contribution in [0.1, 0.15) is 28.8 Å². The van der Waals surface area contributed by atoms with Gasteiger partial charge in [0, 0.05) is 11.6 Å². The van der Waals surface area contributed by atoms with Crippen molar-refractivity contribution in [2.75, 3.05) is 26.2 Å². The highest BCUT2D eigenvalue weighted by molar-refractivity contribution is 6.08. The third-order valence-corrected chi connectivity index (χ3v) is 5.50. The van der Waals surface area contributed by atoms with E-state index in [1.54, 1.807) is 30.3 Å². The van der Waals surface area contributed by atoms with Crippen molar-refractivity contribution >= 4 is 23.4 Å². The van der Waals surface area contributed by atoms with Gasteiger partial charge in [-0.05, 0) is 18.6 Å². The molecular weight excluding hydrogens is 457 g/mol. The summed E-state index contributed by atoms with van der Waals surface area (Å²) < 4.78 is 29.7. The molecular formula is C25H22FN3O6. The van der Waals surface area contributed by atoms with E-state index in [4.69, 9.17) is 19.9 Å². The summed E-state index contributed by atoms with van der Waals surface area (Å²) >= 11 is 0. The van der Waals surface area contributed by atoms with Crippen molar-refractivity contribution < 1.29 is 33.0 Å². The van der Waals surface area contributed by atoms with Crippen LogP contribution in [0.15, 0.2) is 65.1 Å².